The Morgan fingerprint density at radius 2 is 1.60 bits per heavy atom. The lowest BCUT2D eigenvalue weighted by Crippen LogP contribution is -2.36. The zero-order valence-corrected chi connectivity index (χ0v) is 19.3. The zero-order valence-electron chi connectivity index (χ0n) is 18.5. The number of nitrogens with zero attached hydrogens (tertiary/aromatic N) is 2. The van der Waals surface area contributed by atoms with Gasteiger partial charge in [0, 0.05) is 13.1 Å². The van der Waals surface area contributed by atoms with Gasteiger partial charge in [-0.3, -0.25) is 9.59 Å². The van der Waals surface area contributed by atoms with E-state index in [0.717, 1.165) is 10.8 Å². The highest BCUT2D eigenvalue weighted by Crippen LogP contribution is 2.20. The van der Waals surface area contributed by atoms with Crippen LogP contribution in [0.1, 0.15) is 16.5 Å². The molecule has 4 rings (SSSR count). The summed E-state index contributed by atoms with van der Waals surface area (Å²) >= 11 is 0. The predicted molar refractivity (Wildman–Crippen MR) is 126 cm³/mol. The number of amides is 2. The topological polar surface area (TPSA) is 140 Å². The van der Waals surface area contributed by atoms with Crippen LogP contribution in [-0.2, 0) is 20.4 Å². The van der Waals surface area contributed by atoms with E-state index in [1.165, 1.54) is 12.1 Å². The molecule has 0 aliphatic rings. The van der Waals surface area contributed by atoms with Crippen LogP contribution < -0.4 is 15.4 Å². The number of fused-ring (bicyclic) bond motifs is 1. The molecule has 0 radical (unpaired) electrons. The minimum Gasteiger partial charge on any atom is -0.484 e. The highest BCUT2D eigenvalue weighted by molar-refractivity contribution is 7.90. The molecule has 0 bridgehead atoms. The van der Waals surface area contributed by atoms with Gasteiger partial charge < -0.3 is 19.9 Å². The molecule has 0 spiro atoms. The fourth-order valence-corrected chi connectivity index (χ4v) is 4.39. The average Bonchev–Trinajstić information content (AvgIpc) is 3.33. The van der Waals surface area contributed by atoms with Crippen LogP contribution in [0.4, 0.5) is 0 Å². The van der Waals surface area contributed by atoms with E-state index in [0.29, 0.717) is 5.75 Å². The summed E-state index contributed by atoms with van der Waals surface area (Å²) in [6.45, 7) is 0.0742. The standard InChI is InChI=1S/C24H22N4O6S/c29-22(15-33-19-11-10-17-6-4-5-7-18(17)14-19)25-12-13-26-23(30)24-27-21(28-34-24)16-35(31,32)20-8-2-1-3-9-20/h1-11,14H,12-13,15-16H2,(H,25,29)(H,26,30). The number of rotatable bonds is 10. The van der Waals surface area contributed by atoms with E-state index in [1.807, 2.05) is 36.4 Å². The molecule has 0 aliphatic heterocycles. The summed E-state index contributed by atoms with van der Waals surface area (Å²) in [6.07, 6.45) is 0. The molecular formula is C24H22N4O6S. The Morgan fingerprint density at radius 1 is 0.886 bits per heavy atom. The number of sulfone groups is 1. The summed E-state index contributed by atoms with van der Waals surface area (Å²) in [4.78, 5) is 28.1. The molecule has 3 aromatic carbocycles. The minimum absolute atomic E-state index is 0.0978. The maximum atomic E-state index is 12.4. The molecule has 1 aromatic heterocycles. The molecule has 35 heavy (non-hydrogen) atoms. The molecule has 0 atom stereocenters. The summed E-state index contributed by atoms with van der Waals surface area (Å²) in [7, 11) is -3.67. The third kappa shape index (κ3) is 6.42. The van der Waals surface area contributed by atoms with Crippen molar-refractivity contribution in [2.24, 2.45) is 0 Å². The fraction of sp³-hybridized carbons (Fsp3) is 0.167. The molecule has 0 saturated heterocycles. The van der Waals surface area contributed by atoms with Crippen molar-refractivity contribution >= 4 is 32.4 Å². The first-order chi connectivity index (χ1) is 16.9. The second-order valence-corrected chi connectivity index (χ2v) is 9.48. The van der Waals surface area contributed by atoms with Gasteiger partial charge >= 0.3 is 11.8 Å². The highest BCUT2D eigenvalue weighted by atomic mass is 32.2. The molecule has 4 aromatic rings. The molecule has 180 valence electrons. The van der Waals surface area contributed by atoms with Crippen molar-refractivity contribution in [2.45, 2.75) is 10.6 Å². The monoisotopic (exact) mass is 494 g/mol. The zero-order chi connectivity index (χ0) is 24.7. The van der Waals surface area contributed by atoms with Gasteiger partial charge in [0.15, 0.2) is 22.3 Å². The maximum absolute atomic E-state index is 12.4. The molecule has 2 N–H and O–H groups in total. The Balaban J connectivity index is 1.18. The number of nitrogens with one attached hydrogen (secondary N) is 2. The van der Waals surface area contributed by atoms with Crippen LogP contribution in [0, 0.1) is 0 Å². The van der Waals surface area contributed by atoms with E-state index >= 15 is 0 Å². The van der Waals surface area contributed by atoms with Crippen molar-refractivity contribution in [3.63, 3.8) is 0 Å². The first-order valence-electron chi connectivity index (χ1n) is 10.7. The van der Waals surface area contributed by atoms with Crippen molar-refractivity contribution in [1.29, 1.82) is 0 Å². The van der Waals surface area contributed by atoms with Crippen LogP contribution in [-0.4, -0.2) is 50.1 Å². The van der Waals surface area contributed by atoms with Crippen LogP contribution in [0.25, 0.3) is 10.8 Å². The van der Waals surface area contributed by atoms with Crippen LogP contribution in [0.3, 0.4) is 0 Å². The Kier molecular flexibility index (Phi) is 7.36. The largest absolute Gasteiger partial charge is 0.484 e. The number of benzene rings is 3. The Morgan fingerprint density at radius 3 is 2.40 bits per heavy atom. The van der Waals surface area contributed by atoms with Gasteiger partial charge in [0.05, 0.1) is 4.90 Å². The SMILES string of the molecule is O=C(COc1ccc2ccccc2c1)NCCNC(=O)c1nc(CS(=O)(=O)c2ccccc2)no1. The van der Waals surface area contributed by atoms with Gasteiger partial charge in [-0.15, -0.1) is 0 Å². The van der Waals surface area contributed by atoms with Gasteiger partial charge in [0.2, 0.25) is 0 Å². The lowest BCUT2D eigenvalue weighted by molar-refractivity contribution is -0.123. The first-order valence-corrected chi connectivity index (χ1v) is 12.3. The van der Waals surface area contributed by atoms with Gasteiger partial charge in [-0.1, -0.05) is 53.7 Å². The Hall–Kier alpha value is -4.25. The predicted octanol–water partition coefficient (Wildman–Crippen LogP) is 2.12. The summed E-state index contributed by atoms with van der Waals surface area (Å²) in [5, 5.41) is 10.8. The molecule has 11 heteroatoms. The molecule has 10 nitrogen and oxygen atoms in total. The van der Waals surface area contributed by atoms with E-state index in [1.54, 1.807) is 24.3 Å². The molecule has 0 aliphatic carbocycles. The molecule has 0 fully saturated rings. The second-order valence-electron chi connectivity index (χ2n) is 7.49. The van der Waals surface area contributed by atoms with Crippen LogP contribution in [0.5, 0.6) is 5.75 Å². The van der Waals surface area contributed by atoms with Crippen LogP contribution in [0.2, 0.25) is 0 Å². The van der Waals surface area contributed by atoms with E-state index in [9.17, 15) is 18.0 Å². The van der Waals surface area contributed by atoms with Gasteiger partial charge in [-0.2, -0.15) is 4.98 Å². The van der Waals surface area contributed by atoms with E-state index < -0.39 is 21.5 Å². The van der Waals surface area contributed by atoms with Crippen molar-refractivity contribution < 1.29 is 27.3 Å². The quantitative estimate of drug-likeness (QED) is 0.320. The molecule has 1 heterocycles. The average molecular weight is 495 g/mol. The fourth-order valence-electron chi connectivity index (χ4n) is 3.20. The van der Waals surface area contributed by atoms with E-state index in [4.69, 9.17) is 9.26 Å². The summed E-state index contributed by atoms with van der Waals surface area (Å²) in [6, 6.07) is 21.2. The van der Waals surface area contributed by atoms with Gasteiger partial charge in [-0.05, 0) is 35.0 Å². The number of aromatic nitrogens is 2. The van der Waals surface area contributed by atoms with Crippen LogP contribution in [0.15, 0.2) is 82.2 Å². The number of carbonyl (C=O) groups is 2. The van der Waals surface area contributed by atoms with Crippen molar-refractivity contribution in [3.8, 4) is 5.75 Å². The Bertz CT molecular complexity index is 1440. The van der Waals surface area contributed by atoms with Crippen molar-refractivity contribution in [3.05, 3.63) is 84.5 Å². The first kappa shape index (κ1) is 23.9. The summed E-state index contributed by atoms with van der Waals surface area (Å²) in [5.74, 6) is -1.44. The van der Waals surface area contributed by atoms with Crippen molar-refractivity contribution in [1.82, 2.24) is 20.8 Å². The molecular weight excluding hydrogens is 472 g/mol. The van der Waals surface area contributed by atoms with Gasteiger partial charge in [-0.25, -0.2) is 8.42 Å². The summed E-state index contributed by atoms with van der Waals surface area (Å²) in [5.41, 5.74) is 0. The lowest BCUT2D eigenvalue weighted by atomic mass is 10.1. The molecule has 2 amide bonds. The van der Waals surface area contributed by atoms with E-state index in [2.05, 4.69) is 20.8 Å². The third-order valence-electron chi connectivity index (χ3n) is 4.91. The summed E-state index contributed by atoms with van der Waals surface area (Å²) < 4.78 is 35.1. The molecule has 0 saturated carbocycles. The van der Waals surface area contributed by atoms with Crippen LogP contribution >= 0.6 is 0 Å². The Labute approximate surface area is 201 Å². The lowest BCUT2D eigenvalue weighted by Gasteiger charge is -2.08. The number of ether oxygens (including phenoxy) is 1. The van der Waals surface area contributed by atoms with Gasteiger partial charge in [0.25, 0.3) is 5.91 Å². The smallest absolute Gasteiger partial charge is 0.315 e. The van der Waals surface area contributed by atoms with Crippen molar-refractivity contribution in [2.75, 3.05) is 19.7 Å². The normalized spacial score (nSPS) is 11.2. The number of carbonyl (C=O) groups excluding carboxylic acids is 2. The minimum atomic E-state index is -3.67. The highest BCUT2D eigenvalue weighted by Gasteiger charge is 2.21. The molecule has 0 unspecified atom stereocenters. The third-order valence-corrected chi connectivity index (χ3v) is 6.54. The number of hydrogen-bond acceptors (Lipinski definition) is 8. The van der Waals surface area contributed by atoms with E-state index in [-0.39, 0.29) is 42.2 Å². The second kappa shape index (κ2) is 10.8. The van der Waals surface area contributed by atoms with Gasteiger partial charge in [0.1, 0.15) is 11.5 Å². The number of hydrogen-bond donors (Lipinski definition) is 2. The maximum Gasteiger partial charge on any atom is 0.315 e.